The fraction of sp³-hybridized carbons (Fsp3) is 0.286. The summed E-state index contributed by atoms with van der Waals surface area (Å²) < 4.78 is 17.0. The van der Waals surface area contributed by atoms with Crippen LogP contribution >= 0.6 is 46.4 Å². The monoisotopic (exact) mass is 491 g/mol. The van der Waals surface area contributed by atoms with Crippen LogP contribution in [0.1, 0.15) is 20.3 Å². The van der Waals surface area contributed by atoms with Gasteiger partial charge in [0.25, 0.3) is 0 Å². The smallest absolute Gasteiger partial charge is 0.158 e. The molecule has 0 N–H and O–H groups in total. The summed E-state index contributed by atoms with van der Waals surface area (Å²) in [6, 6.07) is 10.4. The topological polar surface area (TPSA) is 49.3 Å². The van der Waals surface area contributed by atoms with E-state index in [0.29, 0.717) is 46.9 Å². The average molecular weight is 493 g/mol. The largest absolute Gasteiger partial charge is 0.493 e. The first-order chi connectivity index (χ1) is 14.3. The van der Waals surface area contributed by atoms with Gasteiger partial charge in [0.15, 0.2) is 11.5 Å². The van der Waals surface area contributed by atoms with Crippen LogP contribution < -0.4 is 19.0 Å². The molecule has 2 rings (SSSR count). The zero-order valence-electron chi connectivity index (χ0n) is 16.5. The number of benzene rings is 2. The molecule has 0 aliphatic carbocycles. The molecule has 0 unspecified atom stereocenters. The molecule has 9 heteroatoms. The minimum atomic E-state index is 0.124. The summed E-state index contributed by atoms with van der Waals surface area (Å²) in [4.78, 5) is 5.24. The van der Waals surface area contributed by atoms with Crippen LogP contribution in [0.15, 0.2) is 52.1 Å². The van der Waals surface area contributed by atoms with E-state index >= 15 is 0 Å². The van der Waals surface area contributed by atoms with Crippen LogP contribution in [0.4, 0.5) is 0 Å². The highest BCUT2D eigenvalue weighted by atomic mass is 35.5. The van der Waals surface area contributed by atoms with E-state index in [1.54, 1.807) is 24.3 Å². The molecular formula is C21H21Cl4NO4. The Morgan fingerprint density at radius 1 is 0.867 bits per heavy atom. The maximum absolute atomic E-state index is 6.24. The van der Waals surface area contributed by atoms with Crippen molar-refractivity contribution in [2.24, 2.45) is 5.16 Å². The fourth-order valence-electron chi connectivity index (χ4n) is 2.12. The van der Waals surface area contributed by atoms with Gasteiger partial charge >= 0.3 is 0 Å². The highest BCUT2D eigenvalue weighted by Crippen LogP contribution is 2.37. The predicted octanol–water partition coefficient (Wildman–Crippen LogP) is 7.31. The van der Waals surface area contributed by atoms with Gasteiger partial charge < -0.3 is 19.0 Å². The number of nitrogens with zero attached hydrogens (tertiary/aromatic N) is 1. The van der Waals surface area contributed by atoms with Crippen molar-refractivity contribution in [2.45, 2.75) is 20.3 Å². The third-order valence-electron chi connectivity index (χ3n) is 3.42. The molecular weight excluding hydrogens is 472 g/mol. The molecule has 0 aliphatic rings. The number of ether oxygens (including phenoxy) is 3. The number of hydrogen-bond donors (Lipinski definition) is 0. The van der Waals surface area contributed by atoms with E-state index in [4.69, 9.17) is 65.5 Å². The first-order valence-electron chi connectivity index (χ1n) is 9.02. The maximum atomic E-state index is 6.24. The molecule has 162 valence electrons. The molecule has 0 aliphatic heterocycles. The molecule has 0 saturated heterocycles. The molecule has 0 atom stereocenters. The van der Waals surface area contributed by atoms with E-state index < -0.39 is 0 Å². The Hall–Kier alpha value is -1.79. The van der Waals surface area contributed by atoms with Crippen molar-refractivity contribution in [1.82, 2.24) is 0 Å². The molecule has 2 aromatic rings. The van der Waals surface area contributed by atoms with E-state index in [0.717, 1.165) is 11.5 Å². The Morgan fingerprint density at radius 3 is 2.07 bits per heavy atom. The summed E-state index contributed by atoms with van der Waals surface area (Å²) in [6.45, 7) is 4.77. The van der Waals surface area contributed by atoms with Gasteiger partial charge in [0, 0.05) is 18.6 Å². The number of rotatable bonds is 11. The molecule has 0 radical (unpaired) electrons. The molecule has 0 amide bonds. The predicted molar refractivity (Wildman–Crippen MR) is 123 cm³/mol. The second-order valence-corrected chi connectivity index (χ2v) is 7.99. The van der Waals surface area contributed by atoms with Crippen LogP contribution in [-0.4, -0.2) is 25.5 Å². The first kappa shape index (κ1) is 24.5. The van der Waals surface area contributed by atoms with Crippen molar-refractivity contribution in [2.75, 3.05) is 19.8 Å². The van der Waals surface area contributed by atoms with Gasteiger partial charge in [0.1, 0.15) is 22.6 Å². The van der Waals surface area contributed by atoms with Gasteiger partial charge in [-0.3, -0.25) is 0 Å². The lowest BCUT2D eigenvalue weighted by atomic mass is 10.3. The van der Waals surface area contributed by atoms with Crippen molar-refractivity contribution >= 4 is 52.1 Å². The van der Waals surface area contributed by atoms with E-state index in [9.17, 15) is 0 Å². The quantitative estimate of drug-likeness (QED) is 0.187. The summed E-state index contributed by atoms with van der Waals surface area (Å²) in [5.41, 5.74) is 0.839. The minimum Gasteiger partial charge on any atom is -0.493 e. The van der Waals surface area contributed by atoms with Gasteiger partial charge in [-0.05, 0) is 44.2 Å². The van der Waals surface area contributed by atoms with E-state index in [1.165, 1.54) is 6.08 Å². The molecule has 0 bridgehead atoms. The van der Waals surface area contributed by atoms with Gasteiger partial charge in [0.2, 0.25) is 0 Å². The third-order valence-corrected chi connectivity index (χ3v) is 4.29. The number of hydrogen-bond acceptors (Lipinski definition) is 5. The van der Waals surface area contributed by atoms with Gasteiger partial charge in [-0.15, -0.1) is 0 Å². The molecule has 30 heavy (non-hydrogen) atoms. The maximum Gasteiger partial charge on any atom is 0.158 e. The normalized spacial score (nSPS) is 10.2. The van der Waals surface area contributed by atoms with E-state index in [-0.39, 0.29) is 11.1 Å². The highest BCUT2D eigenvalue weighted by Gasteiger charge is 2.10. The lowest BCUT2D eigenvalue weighted by molar-refractivity contribution is 0.247. The van der Waals surface area contributed by atoms with E-state index in [1.807, 2.05) is 26.0 Å². The number of oxime groups is 1. The molecule has 0 saturated carbocycles. The Morgan fingerprint density at radius 2 is 1.47 bits per heavy atom. The third kappa shape index (κ3) is 8.92. The van der Waals surface area contributed by atoms with Gasteiger partial charge in [0.05, 0.1) is 29.0 Å². The molecule has 0 heterocycles. The highest BCUT2D eigenvalue weighted by molar-refractivity contribution is 6.55. The minimum absolute atomic E-state index is 0.124. The standard InChI is InChI=1S/C21H21Cl4NO4/c1-14(2)26-30-16-6-4-15(5-7-16)27-9-3-10-29-21-18(22)12-17(13-19(21)23)28-11-8-20(24)25/h4-8,12-13H,3,9-11H2,1-2H3. The van der Waals surface area contributed by atoms with Crippen LogP contribution in [0, 0.1) is 0 Å². The van der Waals surface area contributed by atoms with Crippen LogP contribution in [-0.2, 0) is 0 Å². The van der Waals surface area contributed by atoms with Crippen LogP contribution in [0.3, 0.4) is 0 Å². The molecule has 0 aromatic heterocycles. The molecule has 0 spiro atoms. The van der Waals surface area contributed by atoms with Crippen LogP contribution in [0.2, 0.25) is 10.0 Å². The number of halogens is 4. The Labute approximate surface area is 196 Å². The summed E-state index contributed by atoms with van der Waals surface area (Å²) in [7, 11) is 0. The summed E-state index contributed by atoms with van der Waals surface area (Å²) in [6.07, 6.45) is 2.15. The van der Waals surface area contributed by atoms with Crippen molar-refractivity contribution < 1.29 is 19.0 Å². The SMILES string of the molecule is CC(C)=NOc1ccc(OCCCOc2c(Cl)cc(OCC=C(Cl)Cl)cc2Cl)cc1. The Balaban J connectivity index is 1.76. The van der Waals surface area contributed by atoms with Crippen molar-refractivity contribution in [3.05, 3.63) is 57.0 Å². The lowest BCUT2D eigenvalue weighted by Gasteiger charge is -2.12. The Bertz CT molecular complexity index is 854. The van der Waals surface area contributed by atoms with Gasteiger partial charge in [-0.2, -0.15) is 0 Å². The van der Waals surface area contributed by atoms with Crippen LogP contribution in [0.25, 0.3) is 0 Å². The Kier molecular flexibility index (Phi) is 10.4. The van der Waals surface area contributed by atoms with E-state index in [2.05, 4.69) is 5.16 Å². The first-order valence-corrected chi connectivity index (χ1v) is 10.5. The van der Waals surface area contributed by atoms with Crippen molar-refractivity contribution in [3.8, 4) is 23.0 Å². The second kappa shape index (κ2) is 12.8. The van der Waals surface area contributed by atoms with Gasteiger partial charge in [-0.25, -0.2) is 0 Å². The zero-order valence-corrected chi connectivity index (χ0v) is 19.5. The second-order valence-electron chi connectivity index (χ2n) is 6.17. The van der Waals surface area contributed by atoms with Gasteiger partial charge in [-0.1, -0.05) is 51.6 Å². The molecule has 0 fully saturated rings. The van der Waals surface area contributed by atoms with Crippen molar-refractivity contribution in [3.63, 3.8) is 0 Å². The fourth-order valence-corrected chi connectivity index (χ4v) is 2.82. The van der Waals surface area contributed by atoms with Crippen LogP contribution in [0.5, 0.6) is 23.0 Å². The summed E-state index contributed by atoms with van der Waals surface area (Å²) in [5.74, 6) is 2.25. The molecule has 2 aromatic carbocycles. The van der Waals surface area contributed by atoms with Crippen molar-refractivity contribution in [1.29, 1.82) is 0 Å². The summed E-state index contributed by atoms with van der Waals surface area (Å²) in [5, 5.41) is 4.59. The summed E-state index contributed by atoms with van der Waals surface area (Å²) >= 11 is 23.5. The molecule has 5 nitrogen and oxygen atoms in total. The zero-order chi connectivity index (χ0) is 21.9. The average Bonchev–Trinajstić information content (AvgIpc) is 2.68. The lowest BCUT2D eigenvalue weighted by Crippen LogP contribution is -2.05.